The molecule has 2 nitrogen and oxygen atoms in total. The monoisotopic (exact) mass is 259 g/mol. The molecule has 1 aromatic rings. The Labute approximate surface area is 116 Å². The molecule has 0 spiro atoms. The summed E-state index contributed by atoms with van der Waals surface area (Å²) in [5.74, 6) is 0.688. The highest BCUT2D eigenvalue weighted by Gasteiger charge is 2.48. The van der Waals surface area contributed by atoms with Gasteiger partial charge in [0.15, 0.2) is 0 Å². The van der Waals surface area contributed by atoms with E-state index >= 15 is 0 Å². The van der Waals surface area contributed by atoms with Crippen molar-refractivity contribution in [1.29, 1.82) is 0 Å². The first-order chi connectivity index (χ1) is 9.13. The van der Waals surface area contributed by atoms with Crippen LogP contribution in [-0.4, -0.2) is 12.6 Å². The van der Waals surface area contributed by atoms with Gasteiger partial charge in [-0.1, -0.05) is 39.0 Å². The molecule has 2 unspecified atom stereocenters. The minimum atomic E-state index is 0.364. The Hall–Kier alpha value is -0.860. The van der Waals surface area contributed by atoms with Crippen LogP contribution in [0.1, 0.15) is 56.2 Å². The second-order valence-corrected chi connectivity index (χ2v) is 6.64. The van der Waals surface area contributed by atoms with Crippen molar-refractivity contribution in [1.82, 2.24) is 5.32 Å². The first-order valence-electron chi connectivity index (χ1n) is 7.55. The Morgan fingerprint density at radius 1 is 1.26 bits per heavy atom. The van der Waals surface area contributed by atoms with Crippen molar-refractivity contribution in [2.24, 2.45) is 5.41 Å². The van der Waals surface area contributed by atoms with Gasteiger partial charge in [-0.2, -0.15) is 0 Å². The van der Waals surface area contributed by atoms with E-state index in [1.54, 1.807) is 0 Å². The molecular weight excluding hydrogens is 234 g/mol. The second-order valence-electron chi connectivity index (χ2n) is 6.64. The third-order valence-corrected chi connectivity index (χ3v) is 5.06. The third kappa shape index (κ3) is 2.21. The molecule has 0 radical (unpaired) electrons. The van der Waals surface area contributed by atoms with Gasteiger partial charge in [-0.25, -0.2) is 0 Å². The van der Waals surface area contributed by atoms with Gasteiger partial charge in [0.05, 0.1) is 13.2 Å². The number of benzene rings is 1. The molecule has 1 heterocycles. The van der Waals surface area contributed by atoms with Crippen molar-refractivity contribution >= 4 is 0 Å². The Bertz CT molecular complexity index is 466. The van der Waals surface area contributed by atoms with E-state index in [0.29, 0.717) is 17.4 Å². The molecule has 1 aromatic carbocycles. The molecule has 3 rings (SSSR count). The Morgan fingerprint density at radius 3 is 2.79 bits per heavy atom. The number of nitrogens with one attached hydrogen (secondary N) is 1. The number of ether oxygens (including phenoxy) is 1. The lowest BCUT2D eigenvalue weighted by atomic mass is 9.56. The maximum Gasteiger partial charge on any atom is 0.0725 e. The minimum absolute atomic E-state index is 0.364. The quantitative estimate of drug-likeness (QED) is 0.892. The first-order valence-corrected chi connectivity index (χ1v) is 7.55. The molecule has 2 aliphatic rings. The fourth-order valence-electron chi connectivity index (χ4n) is 3.56. The predicted octanol–water partition coefficient (Wildman–Crippen LogP) is 3.60. The van der Waals surface area contributed by atoms with Gasteiger partial charge in [0.2, 0.25) is 0 Å². The van der Waals surface area contributed by atoms with Gasteiger partial charge < -0.3 is 10.1 Å². The average Bonchev–Trinajstić information content (AvgIpc) is 2.85. The highest BCUT2D eigenvalue weighted by atomic mass is 16.5. The smallest absolute Gasteiger partial charge is 0.0725 e. The summed E-state index contributed by atoms with van der Waals surface area (Å²) in [4.78, 5) is 0. The Balaban J connectivity index is 1.74. The molecule has 19 heavy (non-hydrogen) atoms. The number of hydrogen-bond donors (Lipinski definition) is 1. The van der Waals surface area contributed by atoms with E-state index < -0.39 is 0 Å². The van der Waals surface area contributed by atoms with Gasteiger partial charge in [0.25, 0.3) is 0 Å². The van der Waals surface area contributed by atoms with Crippen molar-refractivity contribution in [2.75, 3.05) is 6.54 Å². The molecule has 0 amide bonds. The standard InChI is InChI=1S/C17H25NO/c1-4-7-18-16-9-15(17(16,2)3)12-5-6-13-10-19-11-14(13)8-12/h5-6,8,15-16,18H,4,7,9-11H2,1-3H3. The van der Waals surface area contributed by atoms with Gasteiger partial charge in [0, 0.05) is 6.04 Å². The van der Waals surface area contributed by atoms with Gasteiger partial charge in [-0.15, -0.1) is 0 Å². The van der Waals surface area contributed by atoms with Crippen LogP contribution in [0.3, 0.4) is 0 Å². The van der Waals surface area contributed by atoms with Crippen LogP contribution in [0.5, 0.6) is 0 Å². The fourth-order valence-corrected chi connectivity index (χ4v) is 3.56. The van der Waals surface area contributed by atoms with Crippen LogP contribution in [0.25, 0.3) is 0 Å². The zero-order valence-corrected chi connectivity index (χ0v) is 12.3. The molecular formula is C17H25NO. The first kappa shape index (κ1) is 13.1. The molecule has 1 N–H and O–H groups in total. The molecule has 0 bridgehead atoms. The molecule has 0 saturated heterocycles. The number of rotatable bonds is 4. The summed E-state index contributed by atoms with van der Waals surface area (Å²) in [6, 6.07) is 7.63. The van der Waals surface area contributed by atoms with E-state index in [1.807, 2.05) is 0 Å². The van der Waals surface area contributed by atoms with Gasteiger partial charge >= 0.3 is 0 Å². The van der Waals surface area contributed by atoms with Crippen molar-refractivity contribution in [2.45, 2.75) is 58.8 Å². The topological polar surface area (TPSA) is 21.3 Å². The fraction of sp³-hybridized carbons (Fsp3) is 0.647. The number of fused-ring (bicyclic) bond motifs is 1. The average molecular weight is 259 g/mol. The van der Waals surface area contributed by atoms with Crippen molar-refractivity contribution in [3.8, 4) is 0 Å². The third-order valence-electron chi connectivity index (χ3n) is 5.06. The highest BCUT2D eigenvalue weighted by molar-refractivity contribution is 5.37. The lowest BCUT2D eigenvalue weighted by Crippen LogP contribution is -2.55. The van der Waals surface area contributed by atoms with E-state index in [9.17, 15) is 0 Å². The number of hydrogen-bond acceptors (Lipinski definition) is 2. The molecule has 0 aromatic heterocycles. The summed E-state index contributed by atoms with van der Waals surface area (Å²) in [7, 11) is 0. The molecule has 1 aliphatic heterocycles. The van der Waals surface area contributed by atoms with Crippen LogP contribution in [0.15, 0.2) is 18.2 Å². The molecule has 2 heteroatoms. The van der Waals surface area contributed by atoms with Gasteiger partial charge in [-0.3, -0.25) is 0 Å². The lowest BCUT2D eigenvalue weighted by Gasteiger charge is -2.53. The Morgan fingerprint density at radius 2 is 2.05 bits per heavy atom. The molecule has 1 aliphatic carbocycles. The molecule has 1 saturated carbocycles. The zero-order valence-electron chi connectivity index (χ0n) is 12.3. The second kappa shape index (κ2) is 4.92. The summed E-state index contributed by atoms with van der Waals surface area (Å²) in [5.41, 5.74) is 4.65. The summed E-state index contributed by atoms with van der Waals surface area (Å²) in [5, 5.41) is 3.69. The van der Waals surface area contributed by atoms with Crippen LogP contribution in [0.2, 0.25) is 0 Å². The zero-order chi connectivity index (χ0) is 13.5. The summed E-state index contributed by atoms with van der Waals surface area (Å²) >= 11 is 0. The maximum atomic E-state index is 5.52. The minimum Gasteiger partial charge on any atom is -0.372 e. The molecule has 2 atom stereocenters. The van der Waals surface area contributed by atoms with Crippen LogP contribution >= 0.6 is 0 Å². The van der Waals surface area contributed by atoms with Crippen molar-refractivity contribution < 1.29 is 4.74 Å². The van der Waals surface area contributed by atoms with Crippen LogP contribution < -0.4 is 5.32 Å². The molecule has 104 valence electrons. The SMILES string of the molecule is CCCNC1CC(c2ccc3c(c2)COC3)C1(C)C. The molecule has 1 fully saturated rings. The van der Waals surface area contributed by atoms with Crippen LogP contribution in [-0.2, 0) is 18.0 Å². The van der Waals surface area contributed by atoms with E-state index in [2.05, 4.69) is 44.3 Å². The van der Waals surface area contributed by atoms with E-state index in [0.717, 1.165) is 19.8 Å². The van der Waals surface area contributed by atoms with Gasteiger partial charge in [0.1, 0.15) is 0 Å². The van der Waals surface area contributed by atoms with Crippen LogP contribution in [0, 0.1) is 5.41 Å². The normalized spacial score (nSPS) is 27.9. The largest absolute Gasteiger partial charge is 0.372 e. The maximum absolute atomic E-state index is 5.52. The highest BCUT2D eigenvalue weighted by Crippen LogP contribution is 2.52. The summed E-state index contributed by atoms with van der Waals surface area (Å²) < 4.78 is 5.52. The summed E-state index contributed by atoms with van der Waals surface area (Å²) in [6.45, 7) is 9.77. The van der Waals surface area contributed by atoms with E-state index in [1.165, 1.54) is 29.5 Å². The van der Waals surface area contributed by atoms with E-state index in [4.69, 9.17) is 4.74 Å². The summed E-state index contributed by atoms with van der Waals surface area (Å²) in [6.07, 6.45) is 2.49. The Kier molecular flexibility index (Phi) is 3.40. The lowest BCUT2D eigenvalue weighted by molar-refractivity contribution is 0.0694. The van der Waals surface area contributed by atoms with Crippen LogP contribution in [0.4, 0.5) is 0 Å². The van der Waals surface area contributed by atoms with Crippen molar-refractivity contribution in [3.05, 3.63) is 34.9 Å². The van der Waals surface area contributed by atoms with E-state index in [-0.39, 0.29) is 0 Å². The van der Waals surface area contributed by atoms with Crippen molar-refractivity contribution in [3.63, 3.8) is 0 Å². The predicted molar refractivity (Wildman–Crippen MR) is 78.2 cm³/mol. The van der Waals surface area contributed by atoms with Gasteiger partial charge in [-0.05, 0) is 47.4 Å².